The molecule has 0 saturated heterocycles. The summed E-state index contributed by atoms with van der Waals surface area (Å²) in [7, 11) is 0. The third-order valence-electron chi connectivity index (χ3n) is 6.31. The fourth-order valence-corrected chi connectivity index (χ4v) is 4.60. The van der Waals surface area contributed by atoms with Crippen LogP contribution in [0, 0.1) is 0 Å². The average Bonchev–Trinajstić information content (AvgIpc) is 3.24. The van der Waals surface area contributed by atoms with Gasteiger partial charge in [0, 0.05) is 31.3 Å². The van der Waals surface area contributed by atoms with Crippen LogP contribution in [0.2, 0.25) is 0 Å². The third-order valence-corrected chi connectivity index (χ3v) is 6.31. The average molecular weight is 465 g/mol. The van der Waals surface area contributed by atoms with Crippen LogP contribution in [0.5, 0.6) is 0 Å². The Morgan fingerprint density at radius 3 is 2.60 bits per heavy atom. The zero-order chi connectivity index (χ0) is 24.0. The largest absolute Gasteiger partial charge is 0.352 e. The molecule has 35 heavy (non-hydrogen) atoms. The summed E-state index contributed by atoms with van der Waals surface area (Å²) in [6, 6.07) is 25.7. The monoisotopic (exact) mass is 464 g/mol. The van der Waals surface area contributed by atoms with Crippen LogP contribution in [0.1, 0.15) is 23.4 Å². The van der Waals surface area contributed by atoms with Crippen molar-refractivity contribution >= 4 is 34.6 Å². The number of aryl methyl sites for hydroxylation is 1. The molecule has 0 bridgehead atoms. The zero-order valence-corrected chi connectivity index (χ0v) is 19.6. The number of amides is 2. The van der Waals surface area contributed by atoms with E-state index in [9.17, 15) is 9.59 Å². The van der Waals surface area contributed by atoms with Gasteiger partial charge in [-0.2, -0.15) is 0 Å². The number of aromatic nitrogens is 2. The van der Waals surface area contributed by atoms with E-state index >= 15 is 0 Å². The summed E-state index contributed by atoms with van der Waals surface area (Å²) in [5.74, 6) is 0.686. The molecular weight excluding hydrogens is 436 g/mol. The maximum atomic E-state index is 13.4. The molecule has 0 atom stereocenters. The molecule has 176 valence electrons. The van der Waals surface area contributed by atoms with E-state index in [0.29, 0.717) is 13.0 Å². The molecule has 2 amide bonds. The van der Waals surface area contributed by atoms with E-state index in [4.69, 9.17) is 4.98 Å². The van der Waals surface area contributed by atoms with Gasteiger partial charge in [0.15, 0.2) is 0 Å². The summed E-state index contributed by atoms with van der Waals surface area (Å²) in [4.78, 5) is 32.4. The molecule has 1 aliphatic heterocycles. The van der Waals surface area contributed by atoms with Crippen molar-refractivity contribution in [2.45, 2.75) is 25.8 Å². The van der Waals surface area contributed by atoms with Crippen LogP contribution in [0.4, 0.5) is 5.69 Å². The van der Waals surface area contributed by atoms with Gasteiger partial charge >= 0.3 is 0 Å². The van der Waals surface area contributed by atoms with Gasteiger partial charge in [-0.05, 0) is 48.2 Å². The summed E-state index contributed by atoms with van der Waals surface area (Å²) in [5.41, 5.74) is 4.98. The van der Waals surface area contributed by atoms with Gasteiger partial charge in [-0.3, -0.25) is 9.59 Å². The predicted octanol–water partition coefficient (Wildman–Crippen LogP) is 4.39. The molecule has 1 aliphatic rings. The van der Waals surface area contributed by atoms with Crippen LogP contribution in [-0.2, 0) is 29.0 Å². The van der Waals surface area contributed by atoms with Crippen molar-refractivity contribution in [2.75, 3.05) is 18.0 Å². The number of benzene rings is 3. The molecule has 0 aliphatic carbocycles. The Hall–Kier alpha value is -4.19. The van der Waals surface area contributed by atoms with Gasteiger partial charge in [0.1, 0.15) is 12.4 Å². The Morgan fingerprint density at radius 2 is 1.71 bits per heavy atom. The van der Waals surface area contributed by atoms with Crippen LogP contribution >= 0.6 is 0 Å². The Morgan fingerprint density at radius 1 is 0.943 bits per heavy atom. The van der Waals surface area contributed by atoms with Crippen molar-refractivity contribution in [3.05, 3.63) is 102 Å². The van der Waals surface area contributed by atoms with E-state index in [2.05, 4.69) is 11.4 Å². The second-order valence-electron chi connectivity index (χ2n) is 8.67. The van der Waals surface area contributed by atoms with Crippen molar-refractivity contribution in [1.29, 1.82) is 0 Å². The summed E-state index contributed by atoms with van der Waals surface area (Å²) in [6.07, 6.45) is 5.82. The number of fused-ring (bicyclic) bond motifs is 2. The number of rotatable bonds is 7. The van der Waals surface area contributed by atoms with Gasteiger partial charge in [-0.15, -0.1) is 0 Å². The number of carbonyl (C=O) groups excluding carboxylic acids is 2. The van der Waals surface area contributed by atoms with E-state index < -0.39 is 0 Å². The van der Waals surface area contributed by atoms with Gasteiger partial charge in [-0.1, -0.05) is 60.7 Å². The lowest BCUT2D eigenvalue weighted by atomic mass is 10.0. The SMILES string of the molecule is O=C(/C=C/c1ccccc1)NCCc1nc2ccccc2n1CC(=O)N1CCCc2ccccc21. The summed E-state index contributed by atoms with van der Waals surface area (Å²) in [5, 5.41) is 2.93. The molecule has 6 nitrogen and oxygen atoms in total. The van der Waals surface area contributed by atoms with Crippen molar-refractivity contribution in [3.8, 4) is 0 Å². The molecule has 6 heteroatoms. The van der Waals surface area contributed by atoms with Crippen LogP contribution in [0.3, 0.4) is 0 Å². The molecule has 0 spiro atoms. The lowest BCUT2D eigenvalue weighted by molar-refractivity contribution is -0.119. The Kier molecular flexibility index (Phi) is 6.70. The second-order valence-corrected chi connectivity index (χ2v) is 8.67. The highest BCUT2D eigenvalue weighted by molar-refractivity contribution is 5.95. The predicted molar refractivity (Wildman–Crippen MR) is 139 cm³/mol. The first-order valence-corrected chi connectivity index (χ1v) is 12.0. The first-order valence-electron chi connectivity index (χ1n) is 12.0. The van der Waals surface area contributed by atoms with E-state index in [-0.39, 0.29) is 18.4 Å². The molecule has 0 fully saturated rings. The maximum Gasteiger partial charge on any atom is 0.246 e. The van der Waals surface area contributed by atoms with E-state index in [1.165, 1.54) is 11.6 Å². The number of hydrogen-bond acceptors (Lipinski definition) is 3. The number of carbonyl (C=O) groups is 2. The minimum absolute atomic E-state index is 0.0522. The van der Waals surface area contributed by atoms with Gasteiger partial charge in [0.05, 0.1) is 11.0 Å². The number of anilines is 1. The van der Waals surface area contributed by atoms with Gasteiger partial charge in [0.25, 0.3) is 0 Å². The molecule has 1 aromatic heterocycles. The molecule has 0 unspecified atom stereocenters. The standard InChI is InChI=1S/C29H28N4O2/c34-28(17-16-22-9-2-1-3-10-22)30-19-18-27-31-24-13-5-7-15-26(24)33(27)21-29(35)32-20-8-12-23-11-4-6-14-25(23)32/h1-7,9-11,13-17H,8,12,18-21H2,(H,30,34)/b17-16+. The lowest BCUT2D eigenvalue weighted by Crippen LogP contribution is -2.38. The van der Waals surface area contributed by atoms with Crippen molar-refractivity contribution in [2.24, 2.45) is 0 Å². The number of nitrogens with one attached hydrogen (secondary N) is 1. The highest BCUT2D eigenvalue weighted by Crippen LogP contribution is 2.27. The molecule has 4 aromatic rings. The summed E-state index contributed by atoms with van der Waals surface area (Å²) >= 11 is 0. The molecule has 3 aromatic carbocycles. The van der Waals surface area contributed by atoms with E-state index in [0.717, 1.165) is 47.5 Å². The smallest absolute Gasteiger partial charge is 0.246 e. The highest BCUT2D eigenvalue weighted by Gasteiger charge is 2.23. The first kappa shape index (κ1) is 22.6. The highest BCUT2D eigenvalue weighted by atomic mass is 16.2. The minimum Gasteiger partial charge on any atom is -0.352 e. The van der Waals surface area contributed by atoms with Crippen LogP contribution in [0.15, 0.2) is 84.9 Å². The first-order chi connectivity index (χ1) is 17.2. The molecule has 0 radical (unpaired) electrons. The molecule has 0 saturated carbocycles. The Balaban J connectivity index is 1.29. The zero-order valence-electron chi connectivity index (χ0n) is 19.6. The number of imidazole rings is 1. The minimum atomic E-state index is -0.155. The Bertz CT molecular complexity index is 1370. The van der Waals surface area contributed by atoms with Gasteiger partial charge in [0.2, 0.25) is 11.8 Å². The van der Waals surface area contributed by atoms with Gasteiger partial charge < -0.3 is 14.8 Å². The second kappa shape index (κ2) is 10.4. The quantitative estimate of drug-likeness (QED) is 0.413. The summed E-state index contributed by atoms with van der Waals surface area (Å²) in [6.45, 7) is 1.37. The topological polar surface area (TPSA) is 67.2 Å². The van der Waals surface area contributed by atoms with E-state index in [1.807, 2.05) is 82.3 Å². The van der Waals surface area contributed by atoms with Crippen LogP contribution in [0.25, 0.3) is 17.1 Å². The van der Waals surface area contributed by atoms with Crippen LogP contribution < -0.4 is 10.2 Å². The molecular formula is C29H28N4O2. The fraction of sp³-hybridized carbons (Fsp3) is 0.207. The van der Waals surface area contributed by atoms with E-state index in [1.54, 1.807) is 6.08 Å². The van der Waals surface area contributed by atoms with Crippen molar-refractivity contribution in [1.82, 2.24) is 14.9 Å². The summed E-state index contributed by atoms with van der Waals surface area (Å²) < 4.78 is 1.99. The van der Waals surface area contributed by atoms with Gasteiger partial charge in [-0.25, -0.2) is 4.98 Å². The van der Waals surface area contributed by atoms with Crippen LogP contribution in [-0.4, -0.2) is 34.5 Å². The normalized spacial score (nSPS) is 13.2. The number of hydrogen-bond donors (Lipinski definition) is 1. The molecule has 2 heterocycles. The third kappa shape index (κ3) is 5.17. The molecule has 5 rings (SSSR count). The maximum absolute atomic E-state index is 13.4. The van der Waals surface area contributed by atoms with Crippen molar-refractivity contribution in [3.63, 3.8) is 0 Å². The lowest BCUT2D eigenvalue weighted by Gasteiger charge is -2.29. The fourth-order valence-electron chi connectivity index (χ4n) is 4.60. The number of para-hydroxylation sites is 3. The number of nitrogens with zero attached hydrogens (tertiary/aromatic N) is 3. The Labute approximate surface area is 204 Å². The van der Waals surface area contributed by atoms with Crippen molar-refractivity contribution < 1.29 is 9.59 Å². The molecule has 1 N–H and O–H groups in total.